The second-order valence-electron chi connectivity index (χ2n) is 8.40. The fourth-order valence-electron chi connectivity index (χ4n) is 3.96. The molecule has 0 radical (unpaired) electrons. The van der Waals surface area contributed by atoms with Gasteiger partial charge in [-0.1, -0.05) is 36.4 Å². The van der Waals surface area contributed by atoms with E-state index in [0.717, 1.165) is 27.7 Å². The highest BCUT2D eigenvalue weighted by molar-refractivity contribution is 6.01. The van der Waals surface area contributed by atoms with Gasteiger partial charge in [-0.05, 0) is 50.2 Å². The largest absolute Gasteiger partial charge is 0.345 e. The Morgan fingerprint density at radius 2 is 1.31 bits per heavy atom. The smallest absolute Gasteiger partial charge is 0.253 e. The maximum absolute atomic E-state index is 12.6. The third-order valence-electron chi connectivity index (χ3n) is 5.94. The van der Waals surface area contributed by atoms with Crippen LogP contribution in [0.3, 0.4) is 0 Å². The molecule has 7 heteroatoms. The van der Waals surface area contributed by atoms with Gasteiger partial charge in [-0.3, -0.25) is 9.59 Å². The van der Waals surface area contributed by atoms with E-state index >= 15 is 0 Å². The minimum Gasteiger partial charge on any atom is -0.345 e. The molecular formula is C28H29N5O2. The summed E-state index contributed by atoms with van der Waals surface area (Å²) in [6, 6.07) is 22.7. The number of amides is 2. The molecule has 178 valence electrons. The van der Waals surface area contributed by atoms with E-state index in [2.05, 4.69) is 15.5 Å². The van der Waals surface area contributed by atoms with E-state index in [-0.39, 0.29) is 11.8 Å². The van der Waals surface area contributed by atoms with Gasteiger partial charge >= 0.3 is 0 Å². The van der Waals surface area contributed by atoms with Crippen molar-refractivity contribution in [2.45, 2.75) is 13.8 Å². The Labute approximate surface area is 205 Å². The van der Waals surface area contributed by atoms with Crippen LogP contribution < -0.4 is 5.32 Å². The van der Waals surface area contributed by atoms with E-state index in [4.69, 9.17) is 0 Å². The van der Waals surface area contributed by atoms with Crippen molar-refractivity contribution < 1.29 is 9.59 Å². The van der Waals surface area contributed by atoms with Gasteiger partial charge in [0.1, 0.15) is 5.69 Å². The fourth-order valence-corrected chi connectivity index (χ4v) is 3.96. The highest BCUT2D eigenvalue weighted by atomic mass is 16.2. The van der Waals surface area contributed by atoms with Crippen molar-refractivity contribution >= 4 is 34.1 Å². The molecule has 0 atom stereocenters. The van der Waals surface area contributed by atoms with Crippen LogP contribution in [0.15, 0.2) is 72.8 Å². The first kappa shape index (κ1) is 23.9. The SMILES string of the molecule is CCN(CC)C(=O)c1ccc(Nc2nnc(-c3ccc(C(=O)N(C)C)cc3)c3ccccc23)cc1. The van der Waals surface area contributed by atoms with Gasteiger partial charge in [0.2, 0.25) is 0 Å². The molecule has 4 rings (SSSR count). The predicted octanol–water partition coefficient (Wildman–Crippen LogP) is 5.22. The van der Waals surface area contributed by atoms with Crippen LogP contribution in [0.5, 0.6) is 0 Å². The summed E-state index contributed by atoms with van der Waals surface area (Å²) in [4.78, 5) is 28.1. The first-order valence-corrected chi connectivity index (χ1v) is 11.7. The number of nitrogens with zero attached hydrogens (tertiary/aromatic N) is 4. The lowest BCUT2D eigenvalue weighted by Crippen LogP contribution is -2.30. The van der Waals surface area contributed by atoms with Crippen LogP contribution in [0.1, 0.15) is 34.6 Å². The molecule has 0 saturated heterocycles. The maximum Gasteiger partial charge on any atom is 0.253 e. The Balaban J connectivity index is 1.62. The van der Waals surface area contributed by atoms with Gasteiger partial charge in [0, 0.05) is 60.3 Å². The van der Waals surface area contributed by atoms with Gasteiger partial charge in [0.15, 0.2) is 5.82 Å². The van der Waals surface area contributed by atoms with Crippen LogP contribution >= 0.6 is 0 Å². The predicted molar refractivity (Wildman–Crippen MR) is 140 cm³/mol. The number of nitrogens with one attached hydrogen (secondary N) is 1. The standard InChI is InChI=1S/C28H29N5O2/c1-5-33(6-2)28(35)21-15-17-22(18-16-21)29-26-24-10-8-7-9-23(24)25(30-31-26)19-11-13-20(14-12-19)27(34)32(3)4/h7-18H,5-6H2,1-4H3,(H,29,31). The summed E-state index contributed by atoms with van der Waals surface area (Å²) in [6.07, 6.45) is 0. The molecule has 2 amide bonds. The molecule has 7 nitrogen and oxygen atoms in total. The first-order chi connectivity index (χ1) is 16.9. The molecule has 1 heterocycles. The van der Waals surface area contributed by atoms with Crippen molar-refractivity contribution in [3.63, 3.8) is 0 Å². The molecule has 3 aromatic carbocycles. The lowest BCUT2D eigenvalue weighted by atomic mass is 10.0. The Morgan fingerprint density at radius 1 is 0.743 bits per heavy atom. The van der Waals surface area contributed by atoms with Crippen LogP contribution in [-0.2, 0) is 0 Å². The summed E-state index contributed by atoms with van der Waals surface area (Å²) in [5.41, 5.74) is 3.73. The molecule has 1 N–H and O–H groups in total. The number of benzene rings is 3. The average Bonchev–Trinajstić information content (AvgIpc) is 2.89. The lowest BCUT2D eigenvalue weighted by Gasteiger charge is -2.18. The third kappa shape index (κ3) is 4.99. The Morgan fingerprint density at radius 3 is 1.91 bits per heavy atom. The number of fused-ring (bicyclic) bond motifs is 1. The number of anilines is 2. The molecule has 0 spiro atoms. The molecule has 0 aliphatic heterocycles. The number of aromatic nitrogens is 2. The zero-order valence-corrected chi connectivity index (χ0v) is 20.4. The summed E-state index contributed by atoms with van der Waals surface area (Å²) in [5, 5.41) is 14.2. The molecule has 0 bridgehead atoms. The average molecular weight is 468 g/mol. The van der Waals surface area contributed by atoms with E-state index in [1.165, 1.54) is 0 Å². The Kier molecular flexibility index (Phi) is 7.06. The number of carbonyl (C=O) groups excluding carboxylic acids is 2. The summed E-state index contributed by atoms with van der Waals surface area (Å²) in [5.74, 6) is 0.609. The van der Waals surface area contributed by atoms with E-state index in [9.17, 15) is 9.59 Å². The molecule has 0 unspecified atom stereocenters. The number of hydrogen-bond acceptors (Lipinski definition) is 5. The van der Waals surface area contributed by atoms with Crippen LogP contribution in [0.4, 0.5) is 11.5 Å². The van der Waals surface area contributed by atoms with Crippen molar-refractivity contribution in [3.05, 3.63) is 83.9 Å². The topological polar surface area (TPSA) is 78.4 Å². The molecule has 0 fully saturated rings. The summed E-state index contributed by atoms with van der Waals surface area (Å²) >= 11 is 0. The Hall–Kier alpha value is -4.26. The first-order valence-electron chi connectivity index (χ1n) is 11.7. The van der Waals surface area contributed by atoms with Gasteiger partial charge < -0.3 is 15.1 Å². The zero-order chi connectivity index (χ0) is 24.9. The van der Waals surface area contributed by atoms with E-state index in [0.29, 0.717) is 30.0 Å². The quantitative estimate of drug-likeness (QED) is 0.403. The monoisotopic (exact) mass is 467 g/mol. The highest BCUT2D eigenvalue weighted by Crippen LogP contribution is 2.31. The molecule has 4 aromatic rings. The molecule has 35 heavy (non-hydrogen) atoms. The normalized spacial score (nSPS) is 10.7. The lowest BCUT2D eigenvalue weighted by molar-refractivity contribution is 0.0772. The van der Waals surface area contributed by atoms with Crippen LogP contribution in [0.25, 0.3) is 22.0 Å². The van der Waals surface area contributed by atoms with Crippen molar-refractivity contribution in [1.82, 2.24) is 20.0 Å². The maximum atomic E-state index is 12.6. The molecule has 0 aliphatic carbocycles. The van der Waals surface area contributed by atoms with Gasteiger partial charge in [-0.15, -0.1) is 10.2 Å². The van der Waals surface area contributed by atoms with Crippen molar-refractivity contribution in [2.24, 2.45) is 0 Å². The molecule has 0 aliphatic rings. The van der Waals surface area contributed by atoms with Crippen molar-refractivity contribution in [1.29, 1.82) is 0 Å². The second-order valence-corrected chi connectivity index (χ2v) is 8.40. The van der Waals surface area contributed by atoms with Crippen molar-refractivity contribution in [2.75, 3.05) is 32.5 Å². The minimum atomic E-state index is -0.0446. The number of carbonyl (C=O) groups is 2. The zero-order valence-electron chi connectivity index (χ0n) is 20.4. The molecular weight excluding hydrogens is 438 g/mol. The molecule has 1 aromatic heterocycles. The van der Waals surface area contributed by atoms with Gasteiger partial charge in [-0.25, -0.2) is 0 Å². The number of rotatable bonds is 7. The van der Waals surface area contributed by atoms with E-state index in [1.807, 2.05) is 74.5 Å². The van der Waals surface area contributed by atoms with Gasteiger partial charge in [0.25, 0.3) is 11.8 Å². The second kappa shape index (κ2) is 10.3. The summed E-state index contributed by atoms with van der Waals surface area (Å²) in [6.45, 7) is 5.31. The van der Waals surface area contributed by atoms with Crippen LogP contribution in [0, 0.1) is 0 Å². The molecule has 0 saturated carbocycles. The Bertz CT molecular complexity index is 1340. The summed E-state index contributed by atoms with van der Waals surface area (Å²) < 4.78 is 0. The third-order valence-corrected chi connectivity index (χ3v) is 5.94. The summed E-state index contributed by atoms with van der Waals surface area (Å²) in [7, 11) is 3.47. The highest BCUT2D eigenvalue weighted by Gasteiger charge is 2.14. The van der Waals surface area contributed by atoms with Gasteiger partial charge in [0.05, 0.1) is 0 Å². The fraction of sp³-hybridized carbons (Fsp3) is 0.214. The van der Waals surface area contributed by atoms with E-state index in [1.54, 1.807) is 36.0 Å². The number of hydrogen-bond donors (Lipinski definition) is 1. The van der Waals surface area contributed by atoms with Crippen LogP contribution in [-0.4, -0.2) is 59.0 Å². The van der Waals surface area contributed by atoms with Gasteiger partial charge in [-0.2, -0.15) is 0 Å². The van der Waals surface area contributed by atoms with Crippen LogP contribution in [0.2, 0.25) is 0 Å². The van der Waals surface area contributed by atoms with Crippen molar-refractivity contribution in [3.8, 4) is 11.3 Å². The minimum absolute atomic E-state index is 0.0226. The van der Waals surface area contributed by atoms with E-state index < -0.39 is 0 Å².